The van der Waals surface area contributed by atoms with Gasteiger partial charge in [-0.1, -0.05) is 35.9 Å². The van der Waals surface area contributed by atoms with Crippen molar-refractivity contribution in [3.05, 3.63) is 102 Å². The van der Waals surface area contributed by atoms with Crippen molar-refractivity contribution in [1.29, 1.82) is 0 Å². The van der Waals surface area contributed by atoms with E-state index in [0.29, 0.717) is 5.69 Å². The Bertz CT molecular complexity index is 1130. The van der Waals surface area contributed by atoms with E-state index in [0.717, 1.165) is 16.8 Å². The molecule has 0 bridgehead atoms. The van der Waals surface area contributed by atoms with Crippen molar-refractivity contribution >= 4 is 23.3 Å². The molecule has 7 nitrogen and oxygen atoms in total. The number of para-hydroxylation sites is 1. The zero-order valence-corrected chi connectivity index (χ0v) is 16.8. The second-order valence-corrected chi connectivity index (χ2v) is 7.26. The van der Waals surface area contributed by atoms with Crippen molar-refractivity contribution in [2.75, 3.05) is 16.3 Å². The number of aryl methyl sites for hydroxylation is 1. The lowest BCUT2D eigenvalue weighted by atomic mass is 10.00. The molecular formula is C24H21N3O4. The van der Waals surface area contributed by atoms with Gasteiger partial charge in [0.15, 0.2) is 0 Å². The van der Waals surface area contributed by atoms with Gasteiger partial charge in [0.2, 0.25) is 0 Å². The number of carboxylic acids is 2. The number of nitrogens with zero attached hydrogens (tertiary/aromatic N) is 3. The highest BCUT2D eigenvalue weighted by Crippen LogP contribution is 2.41. The summed E-state index contributed by atoms with van der Waals surface area (Å²) >= 11 is 0. The first-order valence-electron chi connectivity index (χ1n) is 9.74. The Kier molecular flexibility index (Phi) is 5.41. The van der Waals surface area contributed by atoms with Crippen LogP contribution in [0, 0.1) is 6.92 Å². The third-order valence-electron chi connectivity index (χ3n) is 5.26. The Balaban J connectivity index is 2.02. The average Bonchev–Trinajstić information content (AvgIpc) is 2.79. The van der Waals surface area contributed by atoms with Gasteiger partial charge < -0.3 is 20.0 Å². The molecule has 4 rings (SSSR count). The molecule has 3 aromatic rings. The summed E-state index contributed by atoms with van der Waals surface area (Å²) in [6.45, 7) is 1.88. The molecule has 0 amide bonds. The van der Waals surface area contributed by atoms with Gasteiger partial charge in [-0.3, -0.25) is 4.98 Å². The number of aromatic nitrogens is 1. The standard InChI is InChI=1S/C24H21N3O4/c1-16-7-9-19(10-8-16)27-21(24(30)31)20(23(28)29)15-26(18-5-3-2-4-6-18)22(27)17-11-13-25-14-12-17/h2-14,22H,15H2,1H3,(H,28,29)(H,30,31). The number of carbonyl (C=O) groups is 2. The van der Waals surface area contributed by atoms with Crippen molar-refractivity contribution in [3.63, 3.8) is 0 Å². The van der Waals surface area contributed by atoms with Crippen LogP contribution in [-0.4, -0.2) is 33.7 Å². The summed E-state index contributed by atoms with van der Waals surface area (Å²) in [6.07, 6.45) is 2.70. The maximum absolute atomic E-state index is 12.3. The van der Waals surface area contributed by atoms with Gasteiger partial charge in [-0.25, -0.2) is 9.59 Å². The lowest BCUT2D eigenvalue weighted by Gasteiger charge is -2.46. The number of hydrogen-bond donors (Lipinski definition) is 2. The van der Waals surface area contributed by atoms with Crippen LogP contribution in [-0.2, 0) is 9.59 Å². The van der Waals surface area contributed by atoms with Gasteiger partial charge in [-0.15, -0.1) is 0 Å². The highest BCUT2D eigenvalue weighted by atomic mass is 16.4. The van der Waals surface area contributed by atoms with E-state index in [9.17, 15) is 19.8 Å². The van der Waals surface area contributed by atoms with E-state index in [2.05, 4.69) is 4.98 Å². The van der Waals surface area contributed by atoms with Crippen molar-refractivity contribution in [2.24, 2.45) is 0 Å². The van der Waals surface area contributed by atoms with Crippen LogP contribution in [0.25, 0.3) is 0 Å². The van der Waals surface area contributed by atoms with Crippen molar-refractivity contribution in [1.82, 2.24) is 4.98 Å². The van der Waals surface area contributed by atoms with Crippen LogP contribution in [0.2, 0.25) is 0 Å². The summed E-state index contributed by atoms with van der Waals surface area (Å²) in [5, 5.41) is 20.0. The molecule has 156 valence electrons. The number of hydrogen-bond acceptors (Lipinski definition) is 5. The lowest BCUT2D eigenvalue weighted by Crippen LogP contribution is -2.50. The average molecular weight is 415 g/mol. The first-order valence-corrected chi connectivity index (χ1v) is 9.74. The Labute approximate surface area is 179 Å². The molecule has 31 heavy (non-hydrogen) atoms. The molecule has 1 aliphatic heterocycles. The van der Waals surface area contributed by atoms with Crippen LogP contribution < -0.4 is 9.80 Å². The Hall–Kier alpha value is -4.13. The van der Waals surface area contributed by atoms with E-state index in [-0.39, 0.29) is 17.8 Å². The van der Waals surface area contributed by atoms with Crippen LogP contribution in [0.3, 0.4) is 0 Å². The van der Waals surface area contributed by atoms with Gasteiger partial charge in [-0.05, 0) is 48.9 Å². The molecule has 1 aliphatic rings. The molecule has 2 aromatic carbocycles. The molecule has 1 unspecified atom stereocenters. The highest BCUT2D eigenvalue weighted by molar-refractivity contribution is 6.03. The van der Waals surface area contributed by atoms with Crippen LogP contribution in [0.4, 0.5) is 11.4 Å². The molecule has 0 saturated carbocycles. The number of carboxylic acid groups (broad SMARTS) is 2. The topological polar surface area (TPSA) is 94.0 Å². The smallest absolute Gasteiger partial charge is 0.353 e. The first-order chi connectivity index (χ1) is 15.0. The van der Waals surface area contributed by atoms with Gasteiger partial charge in [0.25, 0.3) is 0 Å². The van der Waals surface area contributed by atoms with Crippen molar-refractivity contribution < 1.29 is 19.8 Å². The minimum absolute atomic E-state index is 0.0592. The van der Waals surface area contributed by atoms with Gasteiger partial charge in [0.05, 0.1) is 12.1 Å². The molecule has 2 heterocycles. The fraction of sp³-hybridized carbons (Fsp3) is 0.125. The van der Waals surface area contributed by atoms with E-state index >= 15 is 0 Å². The fourth-order valence-electron chi connectivity index (χ4n) is 3.83. The minimum Gasteiger partial charge on any atom is -0.478 e. The molecular weight excluding hydrogens is 394 g/mol. The quantitative estimate of drug-likeness (QED) is 0.654. The predicted molar refractivity (Wildman–Crippen MR) is 117 cm³/mol. The summed E-state index contributed by atoms with van der Waals surface area (Å²) in [5.74, 6) is -2.55. The van der Waals surface area contributed by atoms with Crippen molar-refractivity contribution in [3.8, 4) is 0 Å². The summed E-state index contributed by atoms with van der Waals surface area (Å²) in [6, 6.07) is 20.4. The van der Waals surface area contributed by atoms with Crippen molar-refractivity contribution in [2.45, 2.75) is 13.1 Å². The second-order valence-electron chi connectivity index (χ2n) is 7.26. The van der Waals surface area contributed by atoms with Crippen LogP contribution in [0.15, 0.2) is 90.4 Å². The Morgan fingerprint density at radius 1 is 0.871 bits per heavy atom. The molecule has 2 N–H and O–H groups in total. The molecule has 0 fully saturated rings. The van der Waals surface area contributed by atoms with Crippen LogP contribution in [0.1, 0.15) is 17.3 Å². The molecule has 7 heteroatoms. The normalized spacial score (nSPS) is 16.4. The van der Waals surface area contributed by atoms with Gasteiger partial charge in [0, 0.05) is 23.8 Å². The molecule has 0 spiro atoms. The van der Waals surface area contributed by atoms with Gasteiger partial charge in [0.1, 0.15) is 11.9 Å². The number of pyridine rings is 1. The lowest BCUT2D eigenvalue weighted by molar-refractivity contribution is -0.136. The molecule has 0 saturated heterocycles. The summed E-state index contributed by atoms with van der Waals surface area (Å²) in [4.78, 5) is 32.0. The summed E-state index contributed by atoms with van der Waals surface area (Å²) in [5.41, 5.74) is 2.75. The zero-order chi connectivity index (χ0) is 22.0. The fourth-order valence-corrected chi connectivity index (χ4v) is 3.83. The Morgan fingerprint density at radius 3 is 2.10 bits per heavy atom. The van der Waals surface area contributed by atoms with Crippen LogP contribution in [0.5, 0.6) is 0 Å². The van der Waals surface area contributed by atoms with Gasteiger partial charge in [-0.2, -0.15) is 0 Å². The van der Waals surface area contributed by atoms with E-state index in [1.54, 1.807) is 29.4 Å². The monoisotopic (exact) mass is 415 g/mol. The molecule has 1 atom stereocenters. The number of anilines is 2. The zero-order valence-electron chi connectivity index (χ0n) is 16.8. The molecule has 1 aromatic heterocycles. The molecule has 0 radical (unpaired) electrons. The Morgan fingerprint density at radius 2 is 1.52 bits per heavy atom. The predicted octanol–water partition coefficient (Wildman–Crippen LogP) is 3.84. The number of rotatable bonds is 5. The maximum atomic E-state index is 12.3. The summed E-state index contributed by atoms with van der Waals surface area (Å²) in [7, 11) is 0. The van der Waals surface area contributed by atoms with E-state index in [1.807, 2.05) is 66.4 Å². The number of benzene rings is 2. The van der Waals surface area contributed by atoms with Gasteiger partial charge >= 0.3 is 11.9 Å². The minimum atomic E-state index is -1.29. The van der Waals surface area contributed by atoms with E-state index < -0.39 is 18.1 Å². The van der Waals surface area contributed by atoms with Crippen LogP contribution >= 0.6 is 0 Å². The maximum Gasteiger partial charge on any atom is 0.353 e. The highest BCUT2D eigenvalue weighted by Gasteiger charge is 2.41. The number of aliphatic carboxylic acids is 2. The third-order valence-corrected chi connectivity index (χ3v) is 5.26. The largest absolute Gasteiger partial charge is 0.478 e. The SMILES string of the molecule is Cc1ccc(N2C(C(=O)O)=C(C(=O)O)CN(c3ccccc3)C2c2ccncc2)cc1. The summed E-state index contributed by atoms with van der Waals surface area (Å²) < 4.78 is 0. The van der Waals surface area contributed by atoms with E-state index in [1.165, 1.54) is 0 Å². The van der Waals surface area contributed by atoms with E-state index in [4.69, 9.17) is 0 Å². The second kappa shape index (κ2) is 8.31. The third kappa shape index (κ3) is 3.85. The molecule has 0 aliphatic carbocycles. The first kappa shape index (κ1) is 20.2.